The number of halogens is 2. The largest absolute Gasteiger partial charge is 0.435 e. The predicted molar refractivity (Wildman–Crippen MR) is 123 cm³/mol. The molecule has 5 rings (SSSR count). The monoisotopic (exact) mass is 464 g/mol. The van der Waals surface area contributed by atoms with Crippen molar-refractivity contribution >= 4 is 22.4 Å². The molecule has 0 bridgehead atoms. The topological polar surface area (TPSA) is 85.3 Å². The Hall–Kier alpha value is -3.76. The second-order valence-corrected chi connectivity index (χ2v) is 7.76. The average Bonchev–Trinajstić information content (AvgIpc) is 2.85. The van der Waals surface area contributed by atoms with Crippen LogP contribution in [0.2, 0.25) is 0 Å². The average molecular weight is 464 g/mol. The van der Waals surface area contributed by atoms with Crippen molar-refractivity contribution in [2.75, 3.05) is 31.6 Å². The fourth-order valence-electron chi connectivity index (χ4n) is 3.80. The van der Waals surface area contributed by atoms with Crippen molar-refractivity contribution in [3.05, 3.63) is 66.6 Å². The lowest BCUT2D eigenvalue weighted by atomic mass is 10.1. The lowest BCUT2D eigenvalue weighted by molar-refractivity contribution is -0.0498. The number of aromatic nitrogens is 4. The van der Waals surface area contributed by atoms with Crippen molar-refractivity contribution in [3.8, 4) is 17.3 Å². The Kier molecular flexibility index (Phi) is 6.50. The Morgan fingerprint density at radius 2 is 1.94 bits per heavy atom. The van der Waals surface area contributed by atoms with Crippen LogP contribution < -0.4 is 10.1 Å². The molecule has 0 aliphatic carbocycles. The second-order valence-electron chi connectivity index (χ2n) is 7.76. The molecule has 2 aromatic heterocycles. The van der Waals surface area contributed by atoms with Gasteiger partial charge in [-0.05, 0) is 29.8 Å². The van der Waals surface area contributed by atoms with Crippen molar-refractivity contribution in [1.82, 2.24) is 24.8 Å². The first-order chi connectivity index (χ1) is 16.6. The summed E-state index contributed by atoms with van der Waals surface area (Å²) in [5.41, 5.74) is 2.95. The van der Waals surface area contributed by atoms with E-state index in [0.29, 0.717) is 23.0 Å². The Labute approximate surface area is 194 Å². The van der Waals surface area contributed by atoms with Crippen molar-refractivity contribution in [3.63, 3.8) is 0 Å². The first kappa shape index (κ1) is 22.1. The van der Waals surface area contributed by atoms with E-state index in [9.17, 15) is 8.78 Å². The zero-order valence-electron chi connectivity index (χ0n) is 18.2. The number of nitrogens with one attached hydrogen (secondary N) is 1. The number of anilines is 2. The number of ether oxygens (including phenoxy) is 2. The summed E-state index contributed by atoms with van der Waals surface area (Å²) >= 11 is 0. The maximum atomic E-state index is 12.6. The first-order valence-corrected chi connectivity index (χ1v) is 10.8. The van der Waals surface area contributed by atoms with Gasteiger partial charge < -0.3 is 14.8 Å². The lowest BCUT2D eigenvalue weighted by Gasteiger charge is -2.26. The molecule has 1 aliphatic heterocycles. The highest BCUT2D eigenvalue weighted by molar-refractivity contribution is 5.92. The van der Waals surface area contributed by atoms with Gasteiger partial charge >= 0.3 is 6.61 Å². The van der Waals surface area contributed by atoms with Crippen LogP contribution in [0.4, 0.5) is 20.3 Å². The minimum Gasteiger partial charge on any atom is -0.435 e. The van der Waals surface area contributed by atoms with Crippen LogP contribution in [0.1, 0.15) is 5.56 Å². The van der Waals surface area contributed by atoms with Crippen LogP contribution in [0.15, 0.2) is 61.1 Å². The Morgan fingerprint density at radius 1 is 1.06 bits per heavy atom. The summed E-state index contributed by atoms with van der Waals surface area (Å²) in [6, 6.07) is 12.4. The third-order valence-electron chi connectivity index (χ3n) is 5.39. The van der Waals surface area contributed by atoms with E-state index in [4.69, 9.17) is 9.72 Å². The van der Waals surface area contributed by atoms with Gasteiger partial charge in [-0.1, -0.05) is 12.1 Å². The number of rotatable bonds is 7. The van der Waals surface area contributed by atoms with Gasteiger partial charge in [0, 0.05) is 49.2 Å². The van der Waals surface area contributed by atoms with Crippen LogP contribution in [0.25, 0.3) is 22.4 Å². The minimum absolute atomic E-state index is 0.0558. The lowest BCUT2D eigenvalue weighted by Crippen LogP contribution is -2.35. The number of hydrogen-bond donors (Lipinski definition) is 1. The van der Waals surface area contributed by atoms with E-state index in [1.165, 1.54) is 12.1 Å². The molecular weight excluding hydrogens is 442 g/mol. The van der Waals surface area contributed by atoms with Gasteiger partial charge in [0.25, 0.3) is 0 Å². The molecule has 2 aromatic carbocycles. The van der Waals surface area contributed by atoms with Crippen molar-refractivity contribution in [2.24, 2.45) is 0 Å². The molecule has 1 fully saturated rings. The summed E-state index contributed by atoms with van der Waals surface area (Å²) < 4.78 is 35.3. The second kappa shape index (κ2) is 10.0. The van der Waals surface area contributed by atoms with Crippen LogP contribution >= 0.6 is 0 Å². The summed E-state index contributed by atoms with van der Waals surface area (Å²) in [5, 5.41) is 4.01. The van der Waals surface area contributed by atoms with Gasteiger partial charge in [0.1, 0.15) is 17.3 Å². The van der Waals surface area contributed by atoms with E-state index in [1.54, 1.807) is 30.7 Å². The van der Waals surface area contributed by atoms with Gasteiger partial charge in [0.05, 0.1) is 24.9 Å². The molecule has 0 amide bonds. The zero-order chi connectivity index (χ0) is 23.3. The fourth-order valence-corrected chi connectivity index (χ4v) is 3.80. The smallest absolute Gasteiger partial charge is 0.387 e. The molecule has 0 atom stereocenters. The molecule has 1 aliphatic rings. The van der Waals surface area contributed by atoms with Gasteiger partial charge in [0.2, 0.25) is 0 Å². The van der Waals surface area contributed by atoms with Gasteiger partial charge in [-0.25, -0.2) is 15.0 Å². The van der Waals surface area contributed by atoms with Crippen molar-refractivity contribution in [2.45, 2.75) is 13.2 Å². The number of benzene rings is 2. The molecule has 174 valence electrons. The highest BCUT2D eigenvalue weighted by Gasteiger charge is 2.15. The zero-order valence-corrected chi connectivity index (χ0v) is 18.2. The molecule has 8 nitrogen and oxygen atoms in total. The van der Waals surface area contributed by atoms with E-state index in [2.05, 4.69) is 29.9 Å². The standard InChI is InChI=1S/C24H22F2N6O2/c25-24(26)34-18-3-1-2-17(13-18)29-22-19-5-4-16(15-32-8-10-33-11-9-32)12-20(19)30-23(31-22)21-14-27-6-7-28-21/h1-7,12-14,24H,8-11,15H2,(H,29,30,31). The highest BCUT2D eigenvalue weighted by atomic mass is 19.3. The van der Waals surface area contributed by atoms with E-state index >= 15 is 0 Å². The molecule has 0 radical (unpaired) electrons. The number of alkyl halides is 2. The van der Waals surface area contributed by atoms with E-state index in [-0.39, 0.29) is 5.75 Å². The van der Waals surface area contributed by atoms with Gasteiger partial charge in [0.15, 0.2) is 5.82 Å². The molecule has 1 N–H and O–H groups in total. The van der Waals surface area contributed by atoms with Crippen LogP contribution in [0.5, 0.6) is 5.75 Å². The fraction of sp³-hybridized carbons (Fsp3) is 0.250. The first-order valence-electron chi connectivity index (χ1n) is 10.8. The van der Waals surface area contributed by atoms with Crippen LogP contribution in [-0.4, -0.2) is 57.8 Å². The Balaban J connectivity index is 1.52. The quantitative estimate of drug-likeness (QED) is 0.434. The summed E-state index contributed by atoms with van der Waals surface area (Å²) in [4.78, 5) is 20.2. The maximum absolute atomic E-state index is 12.6. The molecule has 34 heavy (non-hydrogen) atoms. The van der Waals surface area contributed by atoms with E-state index in [1.807, 2.05) is 18.2 Å². The van der Waals surface area contributed by atoms with Gasteiger partial charge in [-0.2, -0.15) is 8.78 Å². The van der Waals surface area contributed by atoms with Crippen LogP contribution in [-0.2, 0) is 11.3 Å². The Morgan fingerprint density at radius 3 is 2.74 bits per heavy atom. The molecule has 0 spiro atoms. The molecular formula is C24H22F2N6O2. The van der Waals surface area contributed by atoms with E-state index in [0.717, 1.165) is 49.3 Å². The normalized spacial score (nSPS) is 14.4. The molecule has 3 heterocycles. The summed E-state index contributed by atoms with van der Waals surface area (Å²) in [5.74, 6) is 0.990. The summed E-state index contributed by atoms with van der Waals surface area (Å²) in [6.45, 7) is 1.12. The number of nitrogens with zero attached hydrogens (tertiary/aromatic N) is 5. The molecule has 10 heteroatoms. The number of hydrogen-bond acceptors (Lipinski definition) is 8. The molecule has 1 saturated heterocycles. The van der Waals surface area contributed by atoms with Gasteiger partial charge in [-0.15, -0.1) is 0 Å². The number of morpholine rings is 1. The van der Waals surface area contributed by atoms with Crippen LogP contribution in [0, 0.1) is 0 Å². The van der Waals surface area contributed by atoms with Crippen molar-refractivity contribution < 1.29 is 18.3 Å². The minimum atomic E-state index is -2.90. The molecule has 0 saturated carbocycles. The van der Waals surface area contributed by atoms with Crippen molar-refractivity contribution in [1.29, 1.82) is 0 Å². The predicted octanol–water partition coefficient (Wildman–Crippen LogP) is 4.26. The third-order valence-corrected chi connectivity index (χ3v) is 5.39. The Bertz CT molecular complexity index is 1270. The third kappa shape index (κ3) is 5.24. The van der Waals surface area contributed by atoms with Gasteiger partial charge in [-0.3, -0.25) is 9.88 Å². The molecule has 0 unspecified atom stereocenters. The SMILES string of the molecule is FC(F)Oc1cccc(Nc2nc(-c3cnccn3)nc3cc(CN4CCOCC4)ccc23)c1. The highest BCUT2D eigenvalue weighted by Crippen LogP contribution is 2.29. The summed E-state index contributed by atoms with van der Waals surface area (Å²) in [7, 11) is 0. The van der Waals surface area contributed by atoms with Crippen LogP contribution in [0.3, 0.4) is 0 Å². The number of fused-ring (bicyclic) bond motifs is 1. The van der Waals surface area contributed by atoms with E-state index < -0.39 is 6.61 Å². The maximum Gasteiger partial charge on any atom is 0.387 e. The molecule has 4 aromatic rings. The summed E-state index contributed by atoms with van der Waals surface area (Å²) in [6.07, 6.45) is 4.76.